The van der Waals surface area contributed by atoms with Crippen LogP contribution >= 0.6 is 0 Å². The van der Waals surface area contributed by atoms with Crippen molar-refractivity contribution in [2.24, 2.45) is 17.3 Å². The third-order valence-corrected chi connectivity index (χ3v) is 5.33. The minimum atomic E-state index is 0.390. The van der Waals surface area contributed by atoms with Gasteiger partial charge in [-0.2, -0.15) is 0 Å². The van der Waals surface area contributed by atoms with E-state index in [1.807, 2.05) is 0 Å². The third-order valence-electron chi connectivity index (χ3n) is 5.33. The largest absolute Gasteiger partial charge is 0.343 e. The number of piperidine rings is 1. The molecular formula is C17H32N2O. The fourth-order valence-corrected chi connectivity index (χ4v) is 3.61. The van der Waals surface area contributed by atoms with Crippen LogP contribution in [0.1, 0.15) is 59.3 Å². The van der Waals surface area contributed by atoms with Gasteiger partial charge in [0.15, 0.2) is 0 Å². The third kappa shape index (κ3) is 4.47. The van der Waals surface area contributed by atoms with Crippen LogP contribution in [0.25, 0.3) is 0 Å². The van der Waals surface area contributed by atoms with Gasteiger partial charge in [-0.25, -0.2) is 0 Å². The van der Waals surface area contributed by atoms with Gasteiger partial charge < -0.3 is 10.2 Å². The van der Waals surface area contributed by atoms with E-state index in [2.05, 4.69) is 31.0 Å². The maximum absolute atomic E-state index is 12.5. The molecule has 0 radical (unpaired) electrons. The van der Waals surface area contributed by atoms with E-state index in [0.717, 1.165) is 45.4 Å². The van der Waals surface area contributed by atoms with Gasteiger partial charge in [0.25, 0.3) is 0 Å². The number of hydrogen-bond donors (Lipinski definition) is 1. The molecule has 3 heteroatoms. The second-order valence-corrected chi connectivity index (χ2v) is 7.69. The van der Waals surface area contributed by atoms with E-state index < -0.39 is 0 Å². The first-order valence-electron chi connectivity index (χ1n) is 8.46. The highest BCUT2D eigenvalue weighted by molar-refractivity contribution is 5.76. The van der Waals surface area contributed by atoms with Crippen LogP contribution in [0.4, 0.5) is 0 Å². The Kier molecular flexibility index (Phi) is 5.48. The molecular weight excluding hydrogens is 248 g/mol. The quantitative estimate of drug-likeness (QED) is 0.862. The molecule has 0 spiro atoms. The summed E-state index contributed by atoms with van der Waals surface area (Å²) in [5, 5.41) is 3.46. The average Bonchev–Trinajstić information content (AvgIpc) is 2.60. The van der Waals surface area contributed by atoms with Crippen LogP contribution in [0.3, 0.4) is 0 Å². The van der Waals surface area contributed by atoms with Crippen molar-refractivity contribution in [3.05, 3.63) is 0 Å². The Morgan fingerprint density at radius 3 is 2.80 bits per heavy atom. The molecule has 0 aliphatic carbocycles. The van der Waals surface area contributed by atoms with Gasteiger partial charge in [-0.1, -0.05) is 20.8 Å². The lowest BCUT2D eigenvalue weighted by atomic mass is 9.85. The molecule has 0 saturated carbocycles. The van der Waals surface area contributed by atoms with Crippen LogP contribution in [-0.2, 0) is 4.79 Å². The Bertz CT molecular complexity index is 321. The van der Waals surface area contributed by atoms with E-state index >= 15 is 0 Å². The number of rotatable bonds is 3. The summed E-state index contributed by atoms with van der Waals surface area (Å²) >= 11 is 0. The molecule has 2 atom stereocenters. The normalized spacial score (nSPS) is 28.8. The predicted molar refractivity (Wildman–Crippen MR) is 83.6 cm³/mol. The number of carbonyl (C=O) groups is 1. The minimum absolute atomic E-state index is 0.390. The van der Waals surface area contributed by atoms with Crippen molar-refractivity contribution in [3.63, 3.8) is 0 Å². The van der Waals surface area contributed by atoms with Crippen molar-refractivity contribution in [2.75, 3.05) is 26.2 Å². The van der Waals surface area contributed by atoms with Gasteiger partial charge in [0.2, 0.25) is 5.91 Å². The molecule has 2 heterocycles. The standard InChI is InChI=1S/C17H32N2O/c1-14(15-6-4-9-18-13-15)12-16(20)19-10-5-7-17(2,3)8-11-19/h14-15,18H,4-13H2,1-3H3. The van der Waals surface area contributed by atoms with Gasteiger partial charge in [-0.05, 0) is 62.4 Å². The van der Waals surface area contributed by atoms with E-state index in [4.69, 9.17) is 0 Å². The van der Waals surface area contributed by atoms with Gasteiger partial charge in [0, 0.05) is 19.5 Å². The van der Waals surface area contributed by atoms with Gasteiger partial charge in [-0.15, -0.1) is 0 Å². The predicted octanol–water partition coefficient (Wildman–Crippen LogP) is 3.05. The molecule has 0 bridgehead atoms. The Hall–Kier alpha value is -0.570. The summed E-state index contributed by atoms with van der Waals surface area (Å²) in [5.74, 6) is 1.60. The summed E-state index contributed by atoms with van der Waals surface area (Å²) in [6, 6.07) is 0. The van der Waals surface area contributed by atoms with E-state index in [-0.39, 0.29) is 0 Å². The Morgan fingerprint density at radius 2 is 2.10 bits per heavy atom. The first kappa shape index (κ1) is 15.8. The first-order chi connectivity index (χ1) is 9.48. The molecule has 0 aromatic rings. The summed E-state index contributed by atoms with van der Waals surface area (Å²) in [5.41, 5.74) is 0.411. The SMILES string of the molecule is CC(CC(=O)N1CCCC(C)(C)CC1)C1CCCNC1. The van der Waals surface area contributed by atoms with Crippen LogP contribution in [0, 0.1) is 17.3 Å². The maximum Gasteiger partial charge on any atom is 0.222 e. The lowest BCUT2D eigenvalue weighted by molar-refractivity contribution is -0.132. The number of amides is 1. The minimum Gasteiger partial charge on any atom is -0.343 e. The zero-order chi connectivity index (χ0) is 14.6. The molecule has 2 aliphatic rings. The van der Waals surface area contributed by atoms with E-state index in [1.165, 1.54) is 19.3 Å². The highest BCUT2D eigenvalue weighted by Gasteiger charge is 2.28. The molecule has 0 aromatic heterocycles. The molecule has 116 valence electrons. The van der Waals surface area contributed by atoms with Gasteiger partial charge in [0.05, 0.1) is 0 Å². The second kappa shape index (κ2) is 6.93. The van der Waals surface area contributed by atoms with Crippen LogP contribution in [-0.4, -0.2) is 37.0 Å². The van der Waals surface area contributed by atoms with Crippen LogP contribution in [0.15, 0.2) is 0 Å². The molecule has 2 rings (SSSR count). The number of nitrogens with zero attached hydrogens (tertiary/aromatic N) is 1. The van der Waals surface area contributed by atoms with Crippen molar-refractivity contribution in [3.8, 4) is 0 Å². The highest BCUT2D eigenvalue weighted by atomic mass is 16.2. The molecule has 2 aliphatic heterocycles. The van der Waals surface area contributed by atoms with Crippen LogP contribution in [0.2, 0.25) is 0 Å². The van der Waals surface area contributed by atoms with Gasteiger partial charge in [-0.3, -0.25) is 4.79 Å². The van der Waals surface area contributed by atoms with Crippen molar-refractivity contribution >= 4 is 5.91 Å². The van der Waals surface area contributed by atoms with Crippen LogP contribution in [0.5, 0.6) is 0 Å². The van der Waals surface area contributed by atoms with E-state index in [1.54, 1.807) is 0 Å². The highest BCUT2D eigenvalue weighted by Crippen LogP contribution is 2.30. The summed E-state index contributed by atoms with van der Waals surface area (Å²) in [6.07, 6.45) is 6.86. The molecule has 3 nitrogen and oxygen atoms in total. The molecule has 2 fully saturated rings. The average molecular weight is 280 g/mol. The van der Waals surface area contributed by atoms with Crippen molar-refractivity contribution in [1.29, 1.82) is 0 Å². The zero-order valence-corrected chi connectivity index (χ0v) is 13.6. The zero-order valence-electron chi connectivity index (χ0n) is 13.6. The van der Waals surface area contributed by atoms with Crippen LogP contribution < -0.4 is 5.32 Å². The van der Waals surface area contributed by atoms with Crippen molar-refractivity contribution in [2.45, 2.75) is 59.3 Å². The van der Waals surface area contributed by atoms with E-state index in [0.29, 0.717) is 23.2 Å². The first-order valence-corrected chi connectivity index (χ1v) is 8.46. The monoisotopic (exact) mass is 280 g/mol. The molecule has 1 N–H and O–H groups in total. The van der Waals surface area contributed by atoms with Gasteiger partial charge in [0.1, 0.15) is 0 Å². The fourth-order valence-electron chi connectivity index (χ4n) is 3.61. The van der Waals surface area contributed by atoms with Crippen molar-refractivity contribution in [1.82, 2.24) is 10.2 Å². The molecule has 2 saturated heterocycles. The summed E-state index contributed by atoms with van der Waals surface area (Å²) in [4.78, 5) is 14.6. The fraction of sp³-hybridized carbons (Fsp3) is 0.941. The maximum atomic E-state index is 12.5. The van der Waals surface area contributed by atoms with Crippen molar-refractivity contribution < 1.29 is 4.79 Å². The summed E-state index contributed by atoms with van der Waals surface area (Å²) < 4.78 is 0. The lowest BCUT2D eigenvalue weighted by Crippen LogP contribution is -2.37. The lowest BCUT2D eigenvalue weighted by Gasteiger charge is -2.30. The topological polar surface area (TPSA) is 32.3 Å². The number of nitrogens with one attached hydrogen (secondary N) is 1. The number of likely N-dealkylation sites (tertiary alicyclic amines) is 1. The second-order valence-electron chi connectivity index (χ2n) is 7.69. The summed E-state index contributed by atoms with van der Waals surface area (Å²) in [7, 11) is 0. The summed E-state index contributed by atoms with van der Waals surface area (Å²) in [6.45, 7) is 11.1. The molecule has 0 aromatic carbocycles. The number of carbonyl (C=O) groups excluding carboxylic acids is 1. The number of hydrogen-bond acceptors (Lipinski definition) is 2. The van der Waals surface area contributed by atoms with Gasteiger partial charge >= 0.3 is 0 Å². The Labute approximate surface area is 124 Å². The molecule has 20 heavy (non-hydrogen) atoms. The molecule has 2 unspecified atom stereocenters. The molecule has 1 amide bonds. The van der Waals surface area contributed by atoms with E-state index in [9.17, 15) is 4.79 Å². The Morgan fingerprint density at radius 1 is 1.30 bits per heavy atom. The smallest absolute Gasteiger partial charge is 0.222 e. The Balaban J connectivity index is 1.81.